The van der Waals surface area contributed by atoms with E-state index in [9.17, 15) is 5.11 Å². The highest BCUT2D eigenvalue weighted by Crippen LogP contribution is 2.27. The number of nitrogens with zero attached hydrogens (tertiary/aromatic N) is 1. The van der Waals surface area contributed by atoms with Gasteiger partial charge in [0.1, 0.15) is 5.75 Å². The highest BCUT2D eigenvalue weighted by atomic mass is 35.5. The number of hydrogen-bond acceptors (Lipinski definition) is 3. The third kappa shape index (κ3) is 3.11. The van der Waals surface area contributed by atoms with Crippen molar-refractivity contribution >= 4 is 11.6 Å². The maximum Gasteiger partial charge on any atom is 0.128 e. The minimum Gasteiger partial charge on any atom is -0.496 e. The van der Waals surface area contributed by atoms with Crippen LogP contribution in [-0.2, 0) is 6.42 Å². The molecule has 0 saturated carbocycles. The van der Waals surface area contributed by atoms with Crippen molar-refractivity contribution in [3.63, 3.8) is 0 Å². The molecule has 20 heavy (non-hydrogen) atoms. The standard InChI is InChI=1S/C16H18ClNO2/c1-10-9-18-14(11(2)16(10)20-3)8-15(19)12-5-4-6-13(17)7-12/h4-7,9,15,19H,8H2,1-3H3. The largest absolute Gasteiger partial charge is 0.496 e. The summed E-state index contributed by atoms with van der Waals surface area (Å²) < 4.78 is 5.38. The molecule has 0 spiro atoms. The molecule has 0 fully saturated rings. The van der Waals surface area contributed by atoms with Crippen LogP contribution in [0.15, 0.2) is 30.5 Å². The van der Waals surface area contributed by atoms with E-state index in [-0.39, 0.29) is 0 Å². The van der Waals surface area contributed by atoms with Gasteiger partial charge in [0.2, 0.25) is 0 Å². The second-order valence-corrected chi connectivity index (χ2v) is 5.26. The lowest BCUT2D eigenvalue weighted by atomic mass is 10.0. The second kappa shape index (κ2) is 6.25. The molecule has 0 aliphatic heterocycles. The van der Waals surface area contributed by atoms with Crippen LogP contribution in [0.5, 0.6) is 5.75 Å². The average molecular weight is 292 g/mol. The van der Waals surface area contributed by atoms with Crippen LogP contribution in [0.4, 0.5) is 0 Å². The van der Waals surface area contributed by atoms with Gasteiger partial charge in [-0.1, -0.05) is 23.7 Å². The van der Waals surface area contributed by atoms with Crippen LogP contribution >= 0.6 is 11.6 Å². The molecule has 0 aliphatic carbocycles. The zero-order valence-electron chi connectivity index (χ0n) is 11.9. The van der Waals surface area contributed by atoms with Crippen molar-refractivity contribution in [2.75, 3.05) is 7.11 Å². The number of methoxy groups -OCH3 is 1. The van der Waals surface area contributed by atoms with Gasteiger partial charge in [0, 0.05) is 34.5 Å². The first kappa shape index (κ1) is 14.8. The van der Waals surface area contributed by atoms with E-state index in [1.807, 2.05) is 26.0 Å². The highest BCUT2D eigenvalue weighted by molar-refractivity contribution is 6.30. The SMILES string of the molecule is COc1c(C)cnc(CC(O)c2cccc(Cl)c2)c1C. The number of ether oxygens (including phenoxy) is 1. The second-order valence-electron chi connectivity index (χ2n) is 4.82. The Labute approximate surface area is 124 Å². The number of aliphatic hydroxyl groups excluding tert-OH is 1. The third-order valence-corrected chi connectivity index (χ3v) is 3.61. The predicted molar refractivity (Wildman–Crippen MR) is 80.4 cm³/mol. The Bertz CT molecular complexity index is 613. The third-order valence-electron chi connectivity index (χ3n) is 3.37. The van der Waals surface area contributed by atoms with Crippen LogP contribution in [-0.4, -0.2) is 17.2 Å². The van der Waals surface area contributed by atoms with Crippen molar-refractivity contribution in [3.05, 3.63) is 57.9 Å². The fraction of sp³-hybridized carbons (Fsp3) is 0.312. The molecule has 2 rings (SSSR count). The molecule has 1 unspecified atom stereocenters. The van der Waals surface area contributed by atoms with Gasteiger partial charge in [0.05, 0.1) is 13.2 Å². The van der Waals surface area contributed by atoms with Crippen molar-refractivity contribution in [2.45, 2.75) is 26.4 Å². The van der Waals surface area contributed by atoms with Crippen LogP contribution in [0.1, 0.15) is 28.5 Å². The van der Waals surface area contributed by atoms with Crippen LogP contribution in [0.2, 0.25) is 5.02 Å². The van der Waals surface area contributed by atoms with Gasteiger partial charge in [-0.2, -0.15) is 0 Å². The normalized spacial score (nSPS) is 12.2. The van der Waals surface area contributed by atoms with Gasteiger partial charge in [0.25, 0.3) is 0 Å². The van der Waals surface area contributed by atoms with Crippen LogP contribution in [0.3, 0.4) is 0 Å². The number of aromatic nitrogens is 1. The molecule has 0 amide bonds. The summed E-state index contributed by atoms with van der Waals surface area (Å²) in [7, 11) is 1.65. The Hall–Kier alpha value is -1.58. The first-order chi connectivity index (χ1) is 9.52. The molecule has 0 saturated heterocycles. The van der Waals surface area contributed by atoms with Gasteiger partial charge in [-0.3, -0.25) is 4.98 Å². The maximum atomic E-state index is 10.3. The Balaban J connectivity index is 2.26. The molecule has 1 aromatic heterocycles. The average Bonchev–Trinajstić information content (AvgIpc) is 2.42. The van der Waals surface area contributed by atoms with Crippen molar-refractivity contribution in [1.29, 1.82) is 0 Å². The first-order valence-corrected chi connectivity index (χ1v) is 6.83. The molecule has 0 bridgehead atoms. The Morgan fingerprint density at radius 3 is 2.75 bits per heavy atom. The molecule has 4 heteroatoms. The molecule has 3 nitrogen and oxygen atoms in total. The molecule has 1 atom stereocenters. The van der Waals surface area contributed by atoms with E-state index in [0.717, 1.165) is 28.1 Å². The lowest BCUT2D eigenvalue weighted by Gasteiger charge is -2.15. The summed E-state index contributed by atoms with van der Waals surface area (Å²) in [4.78, 5) is 4.40. The lowest BCUT2D eigenvalue weighted by Crippen LogP contribution is -2.07. The quantitative estimate of drug-likeness (QED) is 0.935. The topological polar surface area (TPSA) is 42.4 Å². The molecule has 1 heterocycles. The summed E-state index contributed by atoms with van der Waals surface area (Å²) in [5.41, 5.74) is 3.58. The maximum absolute atomic E-state index is 10.3. The summed E-state index contributed by atoms with van der Waals surface area (Å²) in [6, 6.07) is 7.25. The van der Waals surface area contributed by atoms with Crippen LogP contribution < -0.4 is 4.74 Å². The van der Waals surface area contributed by atoms with Gasteiger partial charge in [-0.15, -0.1) is 0 Å². The molecule has 106 valence electrons. The summed E-state index contributed by atoms with van der Waals surface area (Å²) >= 11 is 5.94. The number of benzene rings is 1. The van der Waals surface area contributed by atoms with Gasteiger partial charge in [-0.25, -0.2) is 0 Å². The van der Waals surface area contributed by atoms with Gasteiger partial charge in [0.15, 0.2) is 0 Å². The smallest absolute Gasteiger partial charge is 0.128 e. The first-order valence-electron chi connectivity index (χ1n) is 6.45. The van der Waals surface area contributed by atoms with E-state index in [1.165, 1.54) is 0 Å². The van der Waals surface area contributed by atoms with E-state index in [1.54, 1.807) is 25.4 Å². The molecular formula is C16H18ClNO2. The molecule has 1 N–H and O–H groups in total. The number of aliphatic hydroxyl groups is 1. The van der Waals surface area contributed by atoms with Crippen molar-refractivity contribution in [3.8, 4) is 5.75 Å². The summed E-state index contributed by atoms with van der Waals surface area (Å²) in [6.45, 7) is 3.91. The van der Waals surface area contributed by atoms with Crippen LogP contribution in [0, 0.1) is 13.8 Å². The molecule has 0 aliphatic rings. The van der Waals surface area contributed by atoms with Crippen molar-refractivity contribution in [1.82, 2.24) is 4.98 Å². The predicted octanol–water partition coefficient (Wildman–Crippen LogP) is 3.64. The van der Waals surface area contributed by atoms with E-state index >= 15 is 0 Å². The molecule has 0 radical (unpaired) electrons. The minimum atomic E-state index is -0.632. The van der Waals surface area contributed by atoms with E-state index in [4.69, 9.17) is 16.3 Å². The number of aryl methyl sites for hydroxylation is 1. The Morgan fingerprint density at radius 1 is 1.35 bits per heavy atom. The van der Waals surface area contributed by atoms with Crippen molar-refractivity contribution < 1.29 is 9.84 Å². The lowest BCUT2D eigenvalue weighted by molar-refractivity contribution is 0.177. The zero-order chi connectivity index (χ0) is 14.7. The molecule has 1 aromatic carbocycles. The Kier molecular flexibility index (Phi) is 4.63. The van der Waals surface area contributed by atoms with E-state index < -0.39 is 6.10 Å². The number of hydrogen-bond donors (Lipinski definition) is 1. The highest BCUT2D eigenvalue weighted by Gasteiger charge is 2.15. The number of rotatable bonds is 4. The summed E-state index contributed by atoms with van der Waals surface area (Å²) in [5, 5.41) is 10.9. The van der Waals surface area contributed by atoms with E-state index in [0.29, 0.717) is 11.4 Å². The minimum absolute atomic E-state index is 0.433. The number of halogens is 1. The van der Waals surface area contributed by atoms with E-state index in [2.05, 4.69) is 4.98 Å². The summed E-state index contributed by atoms with van der Waals surface area (Å²) in [5.74, 6) is 0.827. The van der Waals surface area contributed by atoms with Gasteiger partial charge in [-0.05, 0) is 31.5 Å². The Morgan fingerprint density at radius 2 is 2.10 bits per heavy atom. The molecular weight excluding hydrogens is 274 g/mol. The van der Waals surface area contributed by atoms with Crippen LogP contribution in [0.25, 0.3) is 0 Å². The van der Waals surface area contributed by atoms with Crippen molar-refractivity contribution in [2.24, 2.45) is 0 Å². The number of pyridine rings is 1. The fourth-order valence-corrected chi connectivity index (χ4v) is 2.49. The zero-order valence-corrected chi connectivity index (χ0v) is 12.6. The van der Waals surface area contributed by atoms with Gasteiger partial charge < -0.3 is 9.84 Å². The molecule has 2 aromatic rings. The fourth-order valence-electron chi connectivity index (χ4n) is 2.29. The van der Waals surface area contributed by atoms with Gasteiger partial charge >= 0.3 is 0 Å². The monoisotopic (exact) mass is 291 g/mol. The summed E-state index contributed by atoms with van der Waals surface area (Å²) in [6.07, 6.45) is 1.57.